The number of methoxy groups -OCH3 is 1. The van der Waals surface area contributed by atoms with Gasteiger partial charge in [0.2, 0.25) is 0 Å². The summed E-state index contributed by atoms with van der Waals surface area (Å²) in [5, 5.41) is 9.80. The Balaban J connectivity index is 1.47. The second kappa shape index (κ2) is 8.90. The number of ether oxygens (including phenoxy) is 2. The van der Waals surface area contributed by atoms with E-state index in [0.717, 1.165) is 43.4 Å². The number of aliphatic hydroxyl groups excluding tert-OH is 1. The average molecular weight is 404 g/mol. The molecule has 5 heteroatoms. The first-order chi connectivity index (χ1) is 14.2. The van der Waals surface area contributed by atoms with Crippen molar-refractivity contribution in [1.29, 1.82) is 0 Å². The van der Waals surface area contributed by atoms with Gasteiger partial charge in [0.1, 0.15) is 23.1 Å². The van der Waals surface area contributed by atoms with Crippen molar-refractivity contribution in [1.82, 2.24) is 4.98 Å². The summed E-state index contributed by atoms with van der Waals surface area (Å²) in [7, 11) is 1.68. The summed E-state index contributed by atoms with van der Waals surface area (Å²) in [6.07, 6.45) is 4.14. The van der Waals surface area contributed by atoms with Gasteiger partial charge >= 0.3 is 0 Å². The molecule has 146 valence electrons. The topological polar surface area (TPSA) is 51.6 Å². The van der Waals surface area contributed by atoms with Crippen LogP contribution in [0.4, 0.5) is 0 Å². The number of nitrogens with zero attached hydrogens (tertiary/aromatic N) is 1. The van der Waals surface area contributed by atoms with Crippen molar-refractivity contribution in [3.8, 4) is 22.1 Å². The average Bonchev–Trinajstić information content (AvgIpc) is 3.20. The molecule has 1 heterocycles. The maximum atomic E-state index is 8.80. The number of aromatic nitrogens is 1. The predicted molar refractivity (Wildman–Crippen MR) is 120 cm³/mol. The van der Waals surface area contributed by atoms with Crippen molar-refractivity contribution in [3.05, 3.63) is 77.9 Å². The van der Waals surface area contributed by atoms with Gasteiger partial charge in [-0.3, -0.25) is 0 Å². The molecule has 4 nitrogen and oxygen atoms in total. The SMILES string of the molecule is COc1ccc2nc(-c3ccc(/C=C/c4ccc(OCCO)cc4)cc3)sc2c1. The number of hydrogen-bond donors (Lipinski definition) is 1. The fourth-order valence-electron chi connectivity index (χ4n) is 2.92. The van der Waals surface area contributed by atoms with Gasteiger partial charge in [-0.05, 0) is 41.5 Å². The van der Waals surface area contributed by atoms with Crippen molar-refractivity contribution < 1.29 is 14.6 Å². The lowest BCUT2D eigenvalue weighted by Gasteiger charge is -2.03. The Kier molecular flexibility index (Phi) is 5.89. The first kappa shape index (κ1) is 19.2. The third kappa shape index (κ3) is 4.65. The third-order valence-corrected chi connectivity index (χ3v) is 5.53. The van der Waals surface area contributed by atoms with Gasteiger partial charge < -0.3 is 14.6 Å². The van der Waals surface area contributed by atoms with E-state index < -0.39 is 0 Å². The zero-order chi connectivity index (χ0) is 20.1. The molecule has 3 aromatic carbocycles. The van der Waals surface area contributed by atoms with E-state index in [-0.39, 0.29) is 6.61 Å². The highest BCUT2D eigenvalue weighted by atomic mass is 32.1. The van der Waals surface area contributed by atoms with Gasteiger partial charge in [-0.25, -0.2) is 4.98 Å². The summed E-state index contributed by atoms with van der Waals surface area (Å²) in [6.45, 7) is 0.326. The van der Waals surface area contributed by atoms with Crippen LogP contribution in [0.5, 0.6) is 11.5 Å². The number of rotatable bonds is 7. The van der Waals surface area contributed by atoms with Crippen molar-refractivity contribution in [2.75, 3.05) is 20.3 Å². The Morgan fingerprint density at radius 1 is 0.897 bits per heavy atom. The molecule has 1 N–H and O–H groups in total. The standard InChI is InChI=1S/C24H21NO3S/c1-27-21-12-13-22-23(16-21)29-24(25-22)19-8-4-17(5-9-19)2-3-18-6-10-20(11-7-18)28-15-14-26/h2-13,16,26H,14-15H2,1H3/b3-2+. The Morgan fingerprint density at radius 2 is 1.55 bits per heavy atom. The van der Waals surface area contributed by atoms with Crippen LogP contribution in [0.25, 0.3) is 32.9 Å². The molecule has 4 aromatic rings. The van der Waals surface area contributed by atoms with Crippen LogP contribution in [0.2, 0.25) is 0 Å². The Bertz CT molecular complexity index is 1120. The van der Waals surface area contributed by atoms with Gasteiger partial charge in [-0.15, -0.1) is 11.3 Å². The van der Waals surface area contributed by atoms with Crippen LogP contribution < -0.4 is 9.47 Å². The largest absolute Gasteiger partial charge is 0.497 e. The van der Waals surface area contributed by atoms with E-state index in [1.54, 1.807) is 18.4 Å². The third-order valence-electron chi connectivity index (χ3n) is 4.46. The lowest BCUT2D eigenvalue weighted by Crippen LogP contribution is -2.01. The highest BCUT2D eigenvalue weighted by Crippen LogP contribution is 2.32. The zero-order valence-corrected chi connectivity index (χ0v) is 16.9. The molecule has 0 saturated heterocycles. The lowest BCUT2D eigenvalue weighted by atomic mass is 10.1. The molecule has 0 bridgehead atoms. The highest BCUT2D eigenvalue weighted by Gasteiger charge is 2.07. The van der Waals surface area contributed by atoms with Gasteiger partial charge in [0, 0.05) is 5.56 Å². The maximum absolute atomic E-state index is 8.80. The first-order valence-corrected chi connectivity index (χ1v) is 10.1. The zero-order valence-electron chi connectivity index (χ0n) is 16.0. The maximum Gasteiger partial charge on any atom is 0.124 e. The van der Waals surface area contributed by atoms with Gasteiger partial charge in [-0.1, -0.05) is 48.6 Å². The normalized spacial score (nSPS) is 11.2. The second-order valence-electron chi connectivity index (χ2n) is 6.45. The van der Waals surface area contributed by atoms with E-state index in [1.165, 1.54) is 0 Å². The summed E-state index contributed by atoms with van der Waals surface area (Å²) < 4.78 is 11.8. The summed E-state index contributed by atoms with van der Waals surface area (Å²) in [5.74, 6) is 1.61. The molecule has 0 unspecified atom stereocenters. The molecular weight excluding hydrogens is 382 g/mol. The van der Waals surface area contributed by atoms with E-state index in [9.17, 15) is 0 Å². The number of fused-ring (bicyclic) bond motifs is 1. The van der Waals surface area contributed by atoms with Crippen molar-refractivity contribution in [3.63, 3.8) is 0 Å². The fourth-order valence-corrected chi connectivity index (χ4v) is 3.92. The van der Waals surface area contributed by atoms with Gasteiger partial charge in [-0.2, -0.15) is 0 Å². The van der Waals surface area contributed by atoms with Crippen LogP contribution in [-0.2, 0) is 0 Å². The van der Waals surface area contributed by atoms with Gasteiger partial charge in [0.15, 0.2) is 0 Å². The molecule has 0 spiro atoms. The van der Waals surface area contributed by atoms with Crippen LogP contribution in [0.1, 0.15) is 11.1 Å². The summed E-state index contributed by atoms with van der Waals surface area (Å²) in [5.41, 5.74) is 4.30. The van der Waals surface area contributed by atoms with Crippen LogP contribution in [0, 0.1) is 0 Å². The highest BCUT2D eigenvalue weighted by molar-refractivity contribution is 7.21. The van der Waals surface area contributed by atoms with E-state index in [4.69, 9.17) is 19.6 Å². The van der Waals surface area contributed by atoms with Crippen LogP contribution in [0.15, 0.2) is 66.7 Å². The minimum Gasteiger partial charge on any atom is -0.497 e. The molecule has 0 atom stereocenters. The molecule has 0 saturated carbocycles. The van der Waals surface area contributed by atoms with E-state index in [1.807, 2.05) is 42.5 Å². The molecule has 0 aliphatic carbocycles. The fraction of sp³-hybridized carbons (Fsp3) is 0.125. The molecule has 0 radical (unpaired) electrons. The number of benzene rings is 3. The van der Waals surface area contributed by atoms with E-state index in [2.05, 4.69) is 36.4 Å². The van der Waals surface area contributed by atoms with E-state index >= 15 is 0 Å². The molecule has 0 fully saturated rings. The smallest absolute Gasteiger partial charge is 0.124 e. The molecular formula is C24H21NO3S. The Morgan fingerprint density at radius 3 is 2.21 bits per heavy atom. The quantitative estimate of drug-likeness (QED) is 0.413. The van der Waals surface area contributed by atoms with Crippen molar-refractivity contribution in [2.24, 2.45) is 0 Å². The van der Waals surface area contributed by atoms with Crippen LogP contribution in [-0.4, -0.2) is 30.4 Å². The van der Waals surface area contributed by atoms with Crippen LogP contribution >= 0.6 is 11.3 Å². The molecule has 0 amide bonds. The first-order valence-electron chi connectivity index (χ1n) is 9.32. The summed E-state index contributed by atoms with van der Waals surface area (Å²) in [4.78, 5) is 4.73. The van der Waals surface area contributed by atoms with Crippen molar-refractivity contribution in [2.45, 2.75) is 0 Å². The Labute approximate surface area is 173 Å². The second-order valence-corrected chi connectivity index (χ2v) is 7.48. The van der Waals surface area contributed by atoms with Gasteiger partial charge in [0.05, 0.1) is 23.9 Å². The minimum atomic E-state index is 0.0167. The Hall–Kier alpha value is -3.15. The van der Waals surface area contributed by atoms with E-state index in [0.29, 0.717) is 6.61 Å². The number of aliphatic hydroxyl groups is 1. The molecule has 1 aromatic heterocycles. The molecule has 0 aliphatic heterocycles. The summed E-state index contributed by atoms with van der Waals surface area (Å²) >= 11 is 1.67. The predicted octanol–water partition coefficient (Wildman–Crippen LogP) is 5.51. The summed E-state index contributed by atoms with van der Waals surface area (Å²) in [6, 6.07) is 22.1. The number of thiazole rings is 1. The minimum absolute atomic E-state index is 0.0167. The van der Waals surface area contributed by atoms with Crippen LogP contribution in [0.3, 0.4) is 0 Å². The lowest BCUT2D eigenvalue weighted by molar-refractivity contribution is 0.201. The molecule has 29 heavy (non-hydrogen) atoms. The number of hydrogen-bond acceptors (Lipinski definition) is 5. The monoisotopic (exact) mass is 403 g/mol. The molecule has 0 aliphatic rings. The molecule has 4 rings (SSSR count). The van der Waals surface area contributed by atoms with Gasteiger partial charge in [0.25, 0.3) is 0 Å². The van der Waals surface area contributed by atoms with Crippen molar-refractivity contribution >= 4 is 33.7 Å².